The van der Waals surface area contributed by atoms with Crippen LogP contribution in [-0.4, -0.2) is 40.0 Å². The van der Waals surface area contributed by atoms with Crippen molar-refractivity contribution in [3.63, 3.8) is 0 Å². The predicted molar refractivity (Wildman–Crippen MR) is 104 cm³/mol. The van der Waals surface area contributed by atoms with Gasteiger partial charge in [0.2, 0.25) is 11.8 Å². The van der Waals surface area contributed by atoms with E-state index in [9.17, 15) is 14.4 Å². The quantitative estimate of drug-likeness (QED) is 0.684. The molecule has 0 spiro atoms. The highest BCUT2D eigenvalue weighted by Crippen LogP contribution is 2.20. The topological polar surface area (TPSA) is 97.4 Å². The average molecular weight is 401 g/mol. The highest BCUT2D eigenvalue weighted by molar-refractivity contribution is 6.33. The van der Waals surface area contributed by atoms with Gasteiger partial charge < -0.3 is 10.2 Å². The Bertz CT molecular complexity index is 1050. The minimum Gasteiger partial charge on any atom is -0.335 e. The fraction of sp³-hybridized carbons (Fsp3) is 0.158. The Kier molecular flexibility index (Phi) is 5.90. The van der Waals surface area contributed by atoms with Crippen LogP contribution in [-0.2, 0) is 16.1 Å². The number of benzene rings is 2. The average Bonchev–Trinajstić information content (AvgIpc) is 3.04. The molecule has 0 saturated carbocycles. The number of hydrogen-bond donors (Lipinski definition) is 1. The zero-order valence-corrected chi connectivity index (χ0v) is 15.7. The van der Waals surface area contributed by atoms with E-state index in [4.69, 9.17) is 16.1 Å². The number of nitrogens with one attached hydrogen (secondary N) is 1. The number of halogens is 1. The maximum atomic E-state index is 12.5. The molecule has 9 heteroatoms. The summed E-state index contributed by atoms with van der Waals surface area (Å²) in [5.41, 5.74) is 1.09. The molecule has 3 aromatic rings. The van der Waals surface area contributed by atoms with Crippen LogP contribution >= 0.6 is 11.6 Å². The molecule has 3 rings (SSSR count). The van der Waals surface area contributed by atoms with Gasteiger partial charge in [0.05, 0.1) is 17.3 Å². The van der Waals surface area contributed by atoms with E-state index < -0.39 is 17.6 Å². The largest absolute Gasteiger partial charge is 0.442 e. The Morgan fingerprint density at radius 1 is 1.14 bits per heavy atom. The van der Waals surface area contributed by atoms with Crippen molar-refractivity contribution in [2.45, 2.75) is 6.54 Å². The van der Waals surface area contributed by atoms with Gasteiger partial charge in [0.25, 0.3) is 0 Å². The molecule has 0 aliphatic rings. The van der Waals surface area contributed by atoms with Crippen LogP contribution in [0.2, 0.25) is 5.02 Å². The third-order valence-corrected chi connectivity index (χ3v) is 4.30. The Hall–Kier alpha value is -3.39. The number of carbonyl (C=O) groups excluding carboxylic acids is 2. The fourth-order valence-corrected chi connectivity index (χ4v) is 2.70. The lowest BCUT2D eigenvalue weighted by atomic mass is 10.2. The molecule has 8 nitrogen and oxygen atoms in total. The van der Waals surface area contributed by atoms with E-state index >= 15 is 0 Å². The van der Waals surface area contributed by atoms with Crippen LogP contribution in [0.4, 0.5) is 5.69 Å². The van der Waals surface area contributed by atoms with Crippen LogP contribution in [0, 0.1) is 0 Å². The van der Waals surface area contributed by atoms with Gasteiger partial charge in [-0.1, -0.05) is 59.2 Å². The first kappa shape index (κ1) is 19.4. The molecule has 1 N–H and O–H groups in total. The number of likely N-dealkylation sites (N-methyl/N-ethyl adjacent to an activating group) is 1. The summed E-state index contributed by atoms with van der Waals surface area (Å²) in [6, 6.07) is 15.7. The molecule has 2 amide bonds. The first-order valence-electron chi connectivity index (χ1n) is 8.36. The summed E-state index contributed by atoms with van der Waals surface area (Å²) >= 11 is 6.00. The summed E-state index contributed by atoms with van der Waals surface area (Å²) in [6.07, 6.45) is 0. The molecule has 144 valence electrons. The first-order valence-corrected chi connectivity index (χ1v) is 8.74. The van der Waals surface area contributed by atoms with E-state index in [2.05, 4.69) is 10.5 Å². The second-order valence-electron chi connectivity index (χ2n) is 6.00. The number of rotatable bonds is 6. The molecule has 0 atom stereocenters. The normalized spacial score (nSPS) is 10.5. The highest BCUT2D eigenvalue weighted by atomic mass is 35.5. The van der Waals surface area contributed by atoms with Crippen molar-refractivity contribution in [3.05, 3.63) is 70.2 Å². The summed E-state index contributed by atoms with van der Waals surface area (Å²) < 4.78 is 5.82. The molecule has 0 unspecified atom stereocenters. The number of hydrogen-bond acceptors (Lipinski definition) is 5. The van der Waals surface area contributed by atoms with E-state index in [0.29, 0.717) is 16.3 Å². The molecule has 1 aromatic heterocycles. The first-order chi connectivity index (χ1) is 13.5. The lowest BCUT2D eigenvalue weighted by Crippen LogP contribution is -2.38. The molecule has 0 aliphatic carbocycles. The smallest absolute Gasteiger partial charge is 0.335 e. The standard InChI is InChI=1S/C19H17ClN4O4/c1-23(11-16(25)21-15-10-6-5-9-14(15)20)17(26)12-24-18(22-28-19(24)27)13-7-3-2-4-8-13/h2-10H,11-12H2,1H3,(H,21,25). The monoisotopic (exact) mass is 400 g/mol. The van der Waals surface area contributed by atoms with Crippen molar-refractivity contribution in [1.29, 1.82) is 0 Å². The van der Waals surface area contributed by atoms with Gasteiger partial charge in [0.1, 0.15) is 6.54 Å². The van der Waals surface area contributed by atoms with Gasteiger partial charge >= 0.3 is 5.76 Å². The molecule has 0 aliphatic heterocycles. The maximum absolute atomic E-state index is 12.5. The van der Waals surface area contributed by atoms with Crippen LogP contribution in [0.25, 0.3) is 11.4 Å². The summed E-state index contributed by atoms with van der Waals surface area (Å²) in [5, 5.41) is 6.77. The van der Waals surface area contributed by atoms with Crippen molar-refractivity contribution < 1.29 is 14.1 Å². The lowest BCUT2D eigenvalue weighted by Gasteiger charge is -2.17. The van der Waals surface area contributed by atoms with Crippen molar-refractivity contribution in [3.8, 4) is 11.4 Å². The second-order valence-corrected chi connectivity index (χ2v) is 6.41. The summed E-state index contributed by atoms with van der Waals surface area (Å²) in [4.78, 5) is 37.8. The molecule has 1 heterocycles. The van der Waals surface area contributed by atoms with E-state index in [1.807, 2.05) is 6.07 Å². The van der Waals surface area contributed by atoms with Crippen molar-refractivity contribution >= 4 is 29.1 Å². The van der Waals surface area contributed by atoms with E-state index in [1.54, 1.807) is 48.5 Å². The zero-order valence-electron chi connectivity index (χ0n) is 15.0. The van der Waals surface area contributed by atoms with Gasteiger partial charge in [-0.15, -0.1) is 0 Å². The number of amides is 2. The number of carbonyl (C=O) groups is 2. The van der Waals surface area contributed by atoms with Gasteiger partial charge in [-0.25, -0.2) is 9.36 Å². The lowest BCUT2D eigenvalue weighted by molar-refractivity contribution is -0.133. The number of aromatic nitrogens is 2. The summed E-state index contributed by atoms with van der Waals surface area (Å²) in [7, 11) is 1.47. The highest BCUT2D eigenvalue weighted by Gasteiger charge is 2.19. The Morgan fingerprint density at radius 2 is 1.82 bits per heavy atom. The van der Waals surface area contributed by atoms with E-state index in [1.165, 1.54) is 11.9 Å². The summed E-state index contributed by atoms with van der Waals surface area (Å²) in [5.74, 6) is -1.37. The van der Waals surface area contributed by atoms with Gasteiger partial charge in [-0.2, -0.15) is 0 Å². The number of anilines is 1. The Morgan fingerprint density at radius 3 is 2.54 bits per heavy atom. The van der Waals surface area contributed by atoms with E-state index in [0.717, 1.165) is 4.57 Å². The second kappa shape index (κ2) is 8.53. The number of nitrogens with zero attached hydrogens (tertiary/aromatic N) is 3. The predicted octanol–water partition coefficient (Wildman–Crippen LogP) is 2.25. The van der Waals surface area contributed by atoms with Crippen LogP contribution in [0.5, 0.6) is 0 Å². The summed E-state index contributed by atoms with van der Waals surface area (Å²) in [6.45, 7) is -0.507. The SMILES string of the molecule is CN(CC(=O)Nc1ccccc1Cl)C(=O)Cn1c(-c2ccccc2)noc1=O. The van der Waals surface area contributed by atoms with Crippen molar-refractivity contribution in [1.82, 2.24) is 14.6 Å². The Labute approximate surface area is 165 Å². The molecular weight excluding hydrogens is 384 g/mol. The van der Waals surface area contributed by atoms with E-state index in [-0.39, 0.29) is 18.9 Å². The molecular formula is C19H17ClN4O4. The minimum atomic E-state index is -0.749. The maximum Gasteiger partial charge on any atom is 0.442 e. The van der Waals surface area contributed by atoms with Crippen molar-refractivity contribution in [2.24, 2.45) is 0 Å². The molecule has 0 radical (unpaired) electrons. The minimum absolute atomic E-state index is 0.204. The molecule has 0 bridgehead atoms. The molecule has 28 heavy (non-hydrogen) atoms. The van der Waals surface area contributed by atoms with Gasteiger partial charge in [-0.05, 0) is 12.1 Å². The molecule has 0 saturated heterocycles. The third-order valence-electron chi connectivity index (χ3n) is 3.97. The van der Waals surface area contributed by atoms with Crippen LogP contribution < -0.4 is 11.1 Å². The molecule has 0 fully saturated rings. The van der Waals surface area contributed by atoms with Crippen LogP contribution in [0.15, 0.2) is 63.9 Å². The van der Waals surface area contributed by atoms with Gasteiger partial charge in [0.15, 0.2) is 5.82 Å². The molecule has 2 aromatic carbocycles. The van der Waals surface area contributed by atoms with Crippen molar-refractivity contribution in [2.75, 3.05) is 18.9 Å². The van der Waals surface area contributed by atoms with Gasteiger partial charge in [0, 0.05) is 12.6 Å². The van der Waals surface area contributed by atoms with Crippen LogP contribution in [0.3, 0.4) is 0 Å². The number of para-hydroxylation sites is 1. The third kappa shape index (κ3) is 4.47. The zero-order chi connectivity index (χ0) is 20.1. The van der Waals surface area contributed by atoms with Gasteiger partial charge in [-0.3, -0.25) is 14.1 Å². The van der Waals surface area contributed by atoms with Crippen LogP contribution in [0.1, 0.15) is 0 Å². The fourth-order valence-electron chi connectivity index (χ4n) is 2.51. The Balaban J connectivity index is 1.67.